The van der Waals surface area contributed by atoms with Gasteiger partial charge in [-0.15, -0.1) is 0 Å². The summed E-state index contributed by atoms with van der Waals surface area (Å²) in [7, 11) is 0. The van der Waals surface area contributed by atoms with Crippen molar-refractivity contribution in [3.63, 3.8) is 0 Å². The van der Waals surface area contributed by atoms with E-state index < -0.39 is 35.3 Å². The zero-order valence-corrected chi connectivity index (χ0v) is 15.7. The third-order valence-electron chi connectivity index (χ3n) is 4.00. The number of carbonyl (C=O) groups is 3. The molecule has 1 aliphatic rings. The number of anilines is 1. The van der Waals surface area contributed by atoms with Crippen LogP contribution in [0, 0.1) is 11.7 Å². The van der Waals surface area contributed by atoms with Gasteiger partial charge in [0.2, 0.25) is 11.8 Å². The molecule has 0 saturated carbocycles. The molecule has 7 heteroatoms. The van der Waals surface area contributed by atoms with Gasteiger partial charge in [-0.25, -0.2) is 9.18 Å². The van der Waals surface area contributed by atoms with Crippen molar-refractivity contribution >= 4 is 23.5 Å². The maximum absolute atomic E-state index is 13.4. The van der Waals surface area contributed by atoms with Crippen molar-refractivity contribution < 1.29 is 23.5 Å². The topological polar surface area (TPSA) is 84.5 Å². The number of nitrogens with one attached hydrogen (secondary N) is 2. The van der Waals surface area contributed by atoms with Gasteiger partial charge in [-0.2, -0.15) is 0 Å². The third kappa shape index (κ3) is 4.80. The molecule has 1 heterocycles. The summed E-state index contributed by atoms with van der Waals surface area (Å²) < 4.78 is 18.8. The Balaban J connectivity index is 2.22. The van der Waals surface area contributed by atoms with E-state index in [1.165, 1.54) is 18.2 Å². The van der Waals surface area contributed by atoms with Crippen LogP contribution in [0.15, 0.2) is 18.2 Å². The van der Waals surface area contributed by atoms with Crippen LogP contribution < -0.4 is 10.6 Å². The maximum Gasteiger partial charge on any atom is 0.329 e. The van der Waals surface area contributed by atoms with Crippen molar-refractivity contribution in [1.29, 1.82) is 0 Å². The smallest absolute Gasteiger partial charge is 0.329 e. The van der Waals surface area contributed by atoms with Gasteiger partial charge in [-0.05, 0) is 44.4 Å². The first-order valence-electron chi connectivity index (χ1n) is 8.60. The molecule has 2 rings (SSSR count). The number of hydrogen-bond acceptors (Lipinski definition) is 4. The lowest BCUT2D eigenvalue weighted by molar-refractivity contribution is -0.160. The van der Waals surface area contributed by atoms with Crippen LogP contribution in [-0.2, 0) is 19.1 Å². The van der Waals surface area contributed by atoms with Gasteiger partial charge < -0.3 is 15.4 Å². The molecule has 2 N–H and O–H groups in total. The van der Waals surface area contributed by atoms with E-state index in [2.05, 4.69) is 10.6 Å². The van der Waals surface area contributed by atoms with Crippen molar-refractivity contribution in [1.82, 2.24) is 5.32 Å². The van der Waals surface area contributed by atoms with Crippen LogP contribution in [0.1, 0.15) is 52.5 Å². The zero-order chi connectivity index (χ0) is 19.6. The van der Waals surface area contributed by atoms with Crippen molar-refractivity contribution in [2.75, 3.05) is 5.32 Å². The normalized spacial score (nSPS) is 18.0. The molecule has 1 unspecified atom stereocenters. The lowest BCUT2D eigenvalue weighted by atomic mass is 9.89. The molecule has 0 spiro atoms. The number of rotatable bonds is 4. The largest absolute Gasteiger partial charge is 0.458 e. The molecule has 0 bridgehead atoms. The predicted octanol–water partition coefficient (Wildman–Crippen LogP) is 2.73. The molecule has 0 saturated heterocycles. The molecular formula is C19H25FN2O4. The summed E-state index contributed by atoms with van der Waals surface area (Å²) in [6.07, 6.45) is -0.0659. The first kappa shape index (κ1) is 19.9. The van der Waals surface area contributed by atoms with Gasteiger partial charge >= 0.3 is 5.97 Å². The van der Waals surface area contributed by atoms with Crippen molar-refractivity contribution in [2.45, 2.75) is 58.6 Å². The van der Waals surface area contributed by atoms with E-state index in [9.17, 15) is 18.8 Å². The molecule has 6 nitrogen and oxygen atoms in total. The maximum atomic E-state index is 13.4. The number of halogens is 1. The first-order valence-corrected chi connectivity index (χ1v) is 8.60. The Labute approximate surface area is 152 Å². The van der Waals surface area contributed by atoms with E-state index in [0.717, 1.165) is 0 Å². The second-order valence-corrected chi connectivity index (χ2v) is 7.80. The van der Waals surface area contributed by atoms with Crippen LogP contribution in [0.4, 0.5) is 10.1 Å². The summed E-state index contributed by atoms with van der Waals surface area (Å²) in [6, 6.07) is 3.06. The number of esters is 1. The van der Waals surface area contributed by atoms with Crippen LogP contribution in [0.25, 0.3) is 0 Å². The molecule has 0 radical (unpaired) electrons. The molecule has 142 valence electrons. The van der Waals surface area contributed by atoms with Crippen LogP contribution in [0.2, 0.25) is 0 Å². The summed E-state index contributed by atoms with van der Waals surface area (Å²) in [6.45, 7) is 8.85. The minimum Gasteiger partial charge on any atom is -0.458 e. The van der Waals surface area contributed by atoms with Crippen LogP contribution in [0.3, 0.4) is 0 Å². The molecule has 0 aromatic heterocycles. The Kier molecular flexibility index (Phi) is 5.68. The Bertz CT molecular complexity index is 725. The van der Waals surface area contributed by atoms with Crippen LogP contribution >= 0.6 is 0 Å². The number of ether oxygens (including phenoxy) is 1. The van der Waals surface area contributed by atoms with E-state index >= 15 is 0 Å². The second kappa shape index (κ2) is 7.43. The minimum absolute atomic E-state index is 0.0659. The molecule has 2 atom stereocenters. The summed E-state index contributed by atoms with van der Waals surface area (Å²) in [4.78, 5) is 37.1. The molecule has 1 aromatic rings. The number of amides is 2. The van der Waals surface area contributed by atoms with Gasteiger partial charge in [0.05, 0.1) is 5.92 Å². The van der Waals surface area contributed by atoms with E-state index in [0.29, 0.717) is 5.56 Å². The van der Waals surface area contributed by atoms with E-state index in [1.54, 1.807) is 34.6 Å². The van der Waals surface area contributed by atoms with Crippen molar-refractivity contribution in [3.05, 3.63) is 29.6 Å². The molecule has 2 amide bonds. The zero-order valence-electron chi connectivity index (χ0n) is 15.7. The molecule has 26 heavy (non-hydrogen) atoms. The van der Waals surface area contributed by atoms with Gasteiger partial charge in [0.25, 0.3) is 0 Å². The van der Waals surface area contributed by atoms with E-state index in [1.807, 2.05) is 0 Å². The number of hydrogen-bond donors (Lipinski definition) is 2. The predicted molar refractivity (Wildman–Crippen MR) is 95.0 cm³/mol. The van der Waals surface area contributed by atoms with Crippen molar-refractivity contribution in [2.24, 2.45) is 5.92 Å². The minimum atomic E-state index is -0.837. The first-order chi connectivity index (χ1) is 12.0. The second-order valence-electron chi connectivity index (χ2n) is 7.80. The summed E-state index contributed by atoms with van der Waals surface area (Å²) in [5.74, 6) is -2.85. The van der Waals surface area contributed by atoms with Gasteiger partial charge in [-0.1, -0.05) is 19.9 Å². The quantitative estimate of drug-likeness (QED) is 0.805. The third-order valence-corrected chi connectivity index (χ3v) is 4.00. The average molecular weight is 364 g/mol. The molecule has 1 aromatic carbocycles. The fourth-order valence-electron chi connectivity index (χ4n) is 2.79. The lowest BCUT2D eigenvalue weighted by Gasteiger charge is -2.29. The summed E-state index contributed by atoms with van der Waals surface area (Å²) in [5.41, 5.74) is 0.124. The Morgan fingerprint density at radius 3 is 2.54 bits per heavy atom. The summed E-state index contributed by atoms with van der Waals surface area (Å²) in [5, 5.41) is 5.26. The fraction of sp³-hybridized carbons (Fsp3) is 0.526. The monoisotopic (exact) mass is 364 g/mol. The molecule has 1 aliphatic heterocycles. The fourth-order valence-corrected chi connectivity index (χ4v) is 2.79. The number of benzene rings is 1. The van der Waals surface area contributed by atoms with Crippen LogP contribution in [0.5, 0.6) is 0 Å². The molecule has 0 fully saturated rings. The van der Waals surface area contributed by atoms with Crippen LogP contribution in [-0.4, -0.2) is 29.4 Å². The Morgan fingerprint density at radius 1 is 1.31 bits per heavy atom. The van der Waals surface area contributed by atoms with E-state index in [4.69, 9.17) is 4.74 Å². The van der Waals surface area contributed by atoms with Gasteiger partial charge in [0.1, 0.15) is 17.5 Å². The Hall–Kier alpha value is -2.44. The molecular weight excluding hydrogens is 339 g/mol. The van der Waals surface area contributed by atoms with E-state index in [-0.39, 0.29) is 23.9 Å². The van der Waals surface area contributed by atoms with Gasteiger partial charge in [0, 0.05) is 12.1 Å². The molecule has 0 aliphatic carbocycles. The summed E-state index contributed by atoms with van der Waals surface area (Å²) >= 11 is 0. The standard InChI is InChI=1S/C19H25FN2O4/c1-10(2)16(18(25)26-19(3,4)5)22-17(24)13-9-15(23)21-14-8-11(20)6-7-12(13)14/h6-8,10,13,16H,9H2,1-5H3,(H,21,23)(H,22,24)/t13?,16-/m0/s1. The number of carbonyl (C=O) groups excluding carboxylic acids is 3. The highest BCUT2D eigenvalue weighted by molar-refractivity contribution is 6.01. The highest BCUT2D eigenvalue weighted by Gasteiger charge is 2.35. The highest BCUT2D eigenvalue weighted by Crippen LogP contribution is 2.33. The van der Waals surface area contributed by atoms with Crippen molar-refractivity contribution in [3.8, 4) is 0 Å². The lowest BCUT2D eigenvalue weighted by Crippen LogP contribution is -2.49. The van der Waals surface area contributed by atoms with Gasteiger partial charge in [-0.3, -0.25) is 9.59 Å². The van der Waals surface area contributed by atoms with Gasteiger partial charge in [0.15, 0.2) is 0 Å². The SMILES string of the molecule is CC(C)[C@H](NC(=O)C1CC(=O)Nc2cc(F)ccc21)C(=O)OC(C)(C)C. The number of fused-ring (bicyclic) bond motifs is 1. The average Bonchev–Trinajstić information content (AvgIpc) is 2.48. The highest BCUT2D eigenvalue weighted by atomic mass is 19.1. The Morgan fingerprint density at radius 2 is 1.96 bits per heavy atom.